The molecule has 0 aliphatic carbocycles. The molecular formula is C12H10BrN5. The third-order valence-corrected chi connectivity index (χ3v) is 3.35. The Morgan fingerprint density at radius 1 is 1.33 bits per heavy atom. The zero-order valence-electron chi connectivity index (χ0n) is 9.34. The summed E-state index contributed by atoms with van der Waals surface area (Å²) < 4.78 is 2.91. The highest BCUT2D eigenvalue weighted by Gasteiger charge is 2.08. The van der Waals surface area contributed by atoms with E-state index in [2.05, 4.69) is 31.1 Å². The van der Waals surface area contributed by atoms with Gasteiger partial charge < -0.3 is 10.3 Å². The molecule has 3 rings (SSSR count). The summed E-state index contributed by atoms with van der Waals surface area (Å²) in [7, 11) is 0. The average Bonchev–Trinajstić information content (AvgIpc) is 2.99. The zero-order chi connectivity index (χ0) is 12.5. The SMILES string of the molecule is Nc1[nH]ncc1-c1ccc(-n2ccnc2)c(Br)c1. The van der Waals surface area contributed by atoms with E-state index in [4.69, 9.17) is 5.73 Å². The number of benzene rings is 1. The molecule has 1 aromatic carbocycles. The predicted molar refractivity (Wildman–Crippen MR) is 73.3 cm³/mol. The molecule has 0 spiro atoms. The van der Waals surface area contributed by atoms with Gasteiger partial charge in [0.15, 0.2) is 0 Å². The summed E-state index contributed by atoms with van der Waals surface area (Å²) in [5, 5.41) is 6.65. The molecule has 0 saturated carbocycles. The minimum atomic E-state index is 0.567. The van der Waals surface area contributed by atoms with E-state index in [9.17, 15) is 0 Å². The summed E-state index contributed by atoms with van der Waals surface area (Å²) in [5.74, 6) is 0.567. The Hall–Kier alpha value is -2.08. The highest BCUT2D eigenvalue weighted by Crippen LogP contribution is 2.30. The molecule has 0 unspecified atom stereocenters. The van der Waals surface area contributed by atoms with E-state index in [-0.39, 0.29) is 0 Å². The van der Waals surface area contributed by atoms with Crippen molar-refractivity contribution in [2.75, 3.05) is 5.73 Å². The first-order chi connectivity index (χ1) is 8.75. The van der Waals surface area contributed by atoms with Crippen LogP contribution in [0.3, 0.4) is 0 Å². The molecule has 2 aromatic heterocycles. The van der Waals surface area contributed by atoms with E-state index in [1.165, 1.54) is 0 Å². The molecular weight excluding hydrogens is 294 g/mol. The van der Waals surface area contributed by atoms with Gasteiger partial charge in [0.25, 0.3) is 0 Å². The molecule has 90 valence electrons. The zero-order valence-corrected chi connectivity index (χ0v) is 10.9. The first-order valence-corrected chi connectivity index (χ1v) is 6.12. The summed E-state index contributed by atoms with van der Waals surface area (Å²) >= 11 is 3.56. The van der Waals surface area contributed by atoms with Gasteiger partial charge in [-0.3, -0.25) is 5.10 Å². The molecule has 0 bridgehead atoms. The number of nitrogens with two attached hydrogens (primary N) is 1. The second-order valence-electron chi connectivity index (χ2n) is 3.83. The van der Waals surface area contributed by atoms with Gasteiger partial charge in [-0.25, -0.2) is 4.98 Å². The fourth-order valence-electron chi connectivity index (χ4n) is 1.81. The molecule has 3 N–H and O–H groups in total. The van der Waals surface area contributed by atoms with E-state index in [0.29, 0.717) is 5.82 Å². The van der Waals surface area contributed by atoms with Gasteiger partial charge in [0.1, 0.15) is 5.82 Å². The van der Waals surface area contributed by atoms with Crippen LogP contribution in [0, 0.1) is 0 Å². The van der Waals surface area contributed by atoms with Crippen molar-refractivity contribution in [1.82, 2.24) is 19.7 Å². The molecule has 2 heterocycles. The van der Waals surface area contributed by atoms with E-state index < -0.39 is 0 Å². The molecule has 0 fully saturated rings. The van der Waals surface area contributed by atoms with Gasteiger partial charge in [0.05, 0.1) is 18.2 Å². The Kier molecular flexibility index (Phi) is 2.64. The molecule has 6 heteroatoms. The van der Waals surface area contributed by atoms with Gasteiger partial charge in [0, 0.05) is 22.4 Å². The molecule has 0 amide bonds. The smallest absolute Gasteiger partial charge is 0.126 e. The fraction of sp³-hybridized carbons (Fsp3) is 0. The minimum Gasteiger partial charge on any atom is -0.384 e. The Bertz CT molecular complexity index is 672. The number of anilines is 1. The van der Waals surface area contributed by atoms with Crippen molar-refractivity contribution < 1.29 is 0 Å². The lowest BCUT2D eigenvalue weighted by Crippen LogP contribution is -1.92. The third-order valence-electron chi connectivity index (χ3n) is 2.71. The third kappa shape index (κ3) is 1.80. The fourth-order valence-corrected chi connectivity index (χ4v) is 2.40. The van der Waals surface area contributed by atoms with E-state index in [1.807, 2.05) is 29.0 Å². The number of hydrogen-bond acceptors (Lipinski definition) is 3. The predicted octanol–water partition coefficient (Wildman–Crippen LogP) is 2.61. The van der Waals surface area contributed by atoms with Crippen LogP contribution < -0.4 is 5.73 Å². The summed E-state index contributed by atoms with van der Waals surface area (Å²) in [4.78, 5) is 4.03. The summed E-state index contributed by atoms with van der Waals surface area (Å²) in [5.41, 5.74) is 8.74. The van der Waals surface area contributed by atoms with Crippen LogP contribution in [0.1, 0.15) is 0 Å². The van der Waals surface area contributed by atoms with Crippen molar-refractivity contribution in [3.05, 3.63) is 47.6 Å². The Morgan fingerprint density at radius 2 is 2.22 bits per heavy atom. The topological polar surface area (TPSA) is 72.5 Å². The lowest BCUT2D eigenvalue weighted by Gasteiger charge is -2.07. The molecule has 0 aliphatic heterocycles. The number of imidazole rings is 1. The number of nitrogen functional groups attached to an aromatic ring is 1. The number of hydrogen-bond donors (Lipinski definition) is 2. The second-order valence-corrected chi connectivity index (χ2v) is 4.69. The van der Waals surface area contributed by atoms with E-state index in [0.717, 1.165) is 21.3 Å². The van der Waals surface area contributed by atoms with E-state index >= 15 is 0 Å². The number of rotatable bonds is 2. The van der Waals surface area contributed by atoms with Crippen molar-refractivity contribution >= 4 is 21.7 Å². The Labute approximate surface area is 112 Å². The van der Waals surface area contributed by atoms with Crippen LogP contribution in [0.15, 0.2) is 47.6 Å². The van der Waals surface area contributed by atoms with Crippen molar-refractivity contribution in [3.8, 4) is 16.8 Å². The maximum Gasteiger partial charge on any atom is 0.126 e. The number of nitrogens with zero attached hydrogens (tertiary/aromatic N) is 3. The first-order valence-electron chi connectivity index (χ1n) is 5.33. The van der Waals surface area contributed by atoms with Crippen molar-refractivity contribution in [2.45, 2.75) is 0 Å². The van der Waals surface area contributed by atoms with Gasteiger partial charge in [-0.2, -0.15) is 5.10 Å². The van der Waals surface area contributed by atoms with E-state index in [1.54, 1.807) is 18.7 Å². The highest BCUT2D eigenvalue weighted by atomic mass is 79.9. The Morgan fingerprint density at radius 3 is 2.83 bits per heavy atom. The Balaban J connectivity index is 2.07. The number of halogens is 1. The van der Waals surface area contributed by atoms with Crippen LogP contribution in [-0.4, -0.2) is 19.7 Å². The standard InChI is InChI=1S/C12H10BrN5/c13-10-5-8(9-6-16-17-12(9)14)1-2-11(10)18-4-3-15-7-18/h1-7H,(H3,14,16,17). The van der Waals surface area contributed by atoms with Crippen molar-refractivity contribution in [1.29, 1.82) is 0 Å². The quantitative estimate of drug-likeness (QED) is 0.764. The largest absolute Gasteiger partial charge is 0.384 e. The molecule has 18 heavy (non-hydrogen) atoms. The molecule has 0 saturated heterocycles. The van der Waals surface area contributed by atoms with Crippen molar-refractivity contribution in [2.24, 2.45) is 0 Å². The highest BCUT2D eigenvalue weighted by molar-refractivity contribution is 9.10. The lowest BCUT2D eigenvalue weighted by molar-refractivity contribution is 1.05. The molecule has 0 aliphatic rings. The number of aromatic amines is 1. The van der Waals surface area contributed by atoms with Crippen LogP contribution in [0.5, 0.6) is 0 Å². The summed E-state index contributed by atoms with van der Waals surface area (Å²) in [6.07, 6.45) is 7.11. The van der Waals surface area contributed by atoms with Gasteiger partial charge >= 0.3 is 0 Å². The van der Waals surface area contributed by atoms with Gasteiger partial charge in [-0.15, -0.1) is 0 Å². The normalized spacial score (nSPS) is 10.7. The number of aromatic nitrogens is 4. The minimum absolute atomic E-state index is 0.567. The van der Waals surface area contributed by atoms with Crippen LogP contribution >= 0.6 is 15.9 Å². The molecule has 3 aromatic rings. The van der Waals surface area contributed by atoms with Crippen LogP contribution in [-0.2, 0) is 0 Å². The first kappa shape index (κ1) is 11.0. The molecule has 0 atom stereocenters. The average molecular weight is 304 g/mol. The lowest BCUT2D eigenvalue weighted by atomic mass is 10.1. The number of nitrogens with one attached hydrogen (secondary N) is 1. The monoisotopic (exact) mass is 303 g/mol. The van der Waals surface area contributed by atoms with Crippen LogP contribution in [0.4, 0.5) is 5.82 Å². The maximum absolute atomic E-state index is 5.81. The van der Waals surface area contributed by atoms with Gasteiger partial charge in [0.2, 0.25) is 0 Å². The maximum atomic E-state index is 5.81. The molecule has 0 radical (unpaired) electrons. The summed E-state index contributed by atoms with van der Waals surface area (Å²) in [6.45, 7) is 0. The summed E-state index contributed by atoms with van der Waals surface area (Å²) in [6, 6.07) is 6.02. The second kappa shape index (κ2) is 4.30. The van der Waals surface area contributed by atoms with Crippen LogP contribution in [0.2, 0.25) is 0 Å². The van der Waals surface area contributed by atoms with Gasteiger partial charge in [-0.05, 0) is 33.6 Å². The molecule has 5 nitrogen and oxygen atoms in total. The number of H-pyrrole nitrogens is 1. The van der Waals surface area contributed by atoms with Gasteiger partial charge in [-0.1, -0.05) is 6.07 Å². The van der Waals surface area contributed by atoms with Crippen LogP contribution in [0.25, 0.3) is 16.8 Å². The van der Waals surface area contributed by atoms with Crippen molar-refractivity contribution in [3.63, 3.8) is 0 Å².